The number of likely N-dealkylation sites (N-methyl/N-ethyl adjacent to an activating group) is 2. The zero-order valence-corrected chi connectivity index (χ0v) is 24.8. The summed E-state index contributed by atoms with van der Waals surface area (Å²) in [5.41, 5.74) is 4.14. The molecule has 4 aliphatic rings. The number of ether oxygens (including phenoxy) is 2. The molecule has 3 aliphatic heterocycles. The Bertz CT molecular complexity index is 1220. The van der Waals surface area contributed by atoms with E-state index in [2.05, 4.69) is 36.1 Å². The number of amides is 3. The van der Waals surface area contributed by atoms with E-state index < -0.39 is 0 Å². The Kier molecular flexibility index (Phi) is 8.07. The van der Waals surface area contributed by atoms with E-state index in [0.29, 0.717) is 37.9 Å². The SMILES string of the molecule is Cc1ccc(-c2ccc(C(=O)N(C)[C@H]3CCN(C(=O)N(C)C4CCN(C5CCC6(CC5)OCCO6)C4)C3)cc2)cc1. The predicted octanol–water partition coefficient (Wildman–Crippen LogP) is 4.62. The number of benzene rings is 2. The van der Waals surface area contributed by atoms with Gasteiger partial charge in [-0.05, 0) is 55.9 Å². The van der Waals surface area contributed by atoms with Crippen LogP contribution >= 0.6 is 0 Å². The third-order valence-corrected chi connectivity index (χ3v) is 9.91. The van der Waals surface area contributed by atoms with Gasteiger partial charge in [-0.15, -0.1) is 0 Å². The van der Waals surface area contributed by atoms with Crippen molar-refractivity contribution in [3.63, 3.8) is 0 Å². The van der Waals surface area contributed by atoms with E-state index in [-0.39, 0.29) is 29.8 Å². The van der Waals surface area contributed by atoms with Crippen molar-refractivity contribution in [2.75, 3.05) is 53.5 Å². The van der Waals surface area contributed by atoms with Crippen LogP contribution < -0.4 is 0 Å². The maximum Gasteiger partial charge on any atom is 0.320 e. The molecule has 2 aromatic rings. The summed E-state index contributed by atoms with van der Waals surface area (Å²) in [5.74, 6) is -0.323. The van der Waals surface area contributed by atoms with E-state index in [0.717, 1.165) is 62.7 Å². The molecule has 0 aromatic heterocycles. The van der Waals surface area contributed by atoms with Crippen LogP contribution in [-0.2, 0) is 9.47 Å². The van der Waals surface area contributed by atoms with Gasteiger partial charge in [0, 0.05) is 70.8 Å². The van der Waals surface area contributed by atoms with Crippen molar-refractivity contribution >= 4 is 11.9 Å². The van der Waals surface area contributed by atoms with Gasteiger partial charge in [-0.1, -0.05) is 42.0 Å². The smallest absolute Gasteiger partial charge is 0.320 e. The molecule has 41 heavy (non-hydrogen) atoms. The largest absolute Gasteiger partial charge is 0.348 e. The van der Waals surface area contributed by atoms with E-state index in [1.54, 1.807) is 0 Å². The second kappa shape index (κ2) is 11.7. The molecule has 1 saturated carbocycles. The number of carbonyl (C=O) groups excluding carboxylic acids is 2. The summed E-state index contributed by atoms with van der Waals surface area (Å²) < 4.78 is 11.8. The van der Waals surface area contributed by atoms with Crippen molar-refractivity contribution in [3.8, 4) is 11.1 Å². The van der Waals surface area contributed by atoms with Crippen molar-refractivity contribution in [1.82, 2.24) is 19.6 Å². The molecule has 2 atom stereocenters. The van der Waals surface area contributed by atoms with Crippen molar-refractivity contribution in [1.29, 1.82) is 0 Å². The van der Waals surface area contributed by atoms with Crippen LogP contribution in [0.1, 0.15) is 54.4 Å². The molecule has 3 heterocycles. The molecule has 0 radical (unpaired) electrons. The summed E-state index contributed by atoms with van der Waals surface area (Å²) in [6, 6.07) is 17.1. The number of urea groups is 1. The van der Waals surface area contributed by atoms with Gasteiger partial charge in [-0.2, -0.15) is 0 Å². The first kappa shape index (κ1) is 28.2. The van der Waals surface area contributed by atoms with Crippen LogP contribution in [0.4, 0.5) is 4.79 Å². The van der Waals surface area contributed by atoms with Gasteiger partial charge in [0.15, 0.2) is 5.79 Å². The number of nitrogens with zero attached hydrogens (tertiary/aromatic N) is 4. The van der Waals surface area contributed by atoms with Crippen LogP contribution in [0, 0.1) is 6.92 Å². The van der Waals surface area contributed by atoms with Gasteiger partial charge < -0.3 is 24.2 Å². The van der Waals surface area contributed by atoms with E-state index in [4.69, 9.17) is 9.47 Å². The van der Waals surface area contributed by atoms with Crippen molar-refractivity contribution in [2.24, 2.45) is 0 Å². The number of aryl methyl sites for hydroxylation is 1. The molecule has 6 rings (SSSR count). The molecule has 8 heteroatoms. The van der Waals surface area contributed by atoms with Crippen LogP contribution in [0.3, 0.4) is 0 Å². The molecule has 3 amide bonds. The first-order valence-electron chi connectivity index (χ1n) is 15.3. The third kappa shape index (κ3) is 5.87. The van der Waals surface area contributed by atoms with E-state index >= 15 is 0 Å². The highest BCUT2D eigenvalue weighted by molar-refractivity contribution is 5.95. The summed E-state index contributed by atoms with van der Waals surface area (Å²) >= 11 is 0. The summed E-state index contributed by atoms with van der Waals surface area (Å²) in [4.78, 5) is 35.0. The number of hydrogen-bond acceptors (Lipinski definition) is 5. The van der Waals surface area contributed by atoms with Gasteiger partial charge in [0.1, 0.15) is 0 Å². The van der Waals surface area contributed by atoms with E-state index in [9.17, 15) is 9.59 Å². The second-order valence-electron chi connectivity index (χ2n) is 12.4. The highest BCUT2D eigenvalue weighted by atomic mass is 16.7. The summed E-state index contributed by atoms with van der Waals surface area (Å²) in [7, 11) is 3.81. The molecular weight excluding hydrogens is 516 g/mol. The number of carbonyl (C=O) groups is 2. The van der Waals surface area contributed by atoms with Gasteiger partial charge in [0.25, 0.3) is 5.91 Å². The average Bonchev–Trinajstić information content (AvgIpc) is 3.79. The normalized spacial score (nSPS) is 24.7. The minimum Gasteiger partial charge on any atom is -0.348 e. The number of rotatable bonds is 5. The Balaban J connectivity index is 0.990. The summed E-state index contributed by atoms with van der Waals surface area (Å²) in [6.07, 6.45) is 5.91. The van der Waals surface area contributed by atoms with Crippen LogP contribution in [0.2, 0.25) is 0 Å². The van der Waals surface area contributed by atoms with Gasteiger partial charge in [0.05, 0.1) is 19.3 Å². The first-order valence-corrected chi connectivity index (χ1v) is 15.3. The molecule has 1 aliphatic carbocycles. The third-order valence-electron chi connectivity index (χ3n) is 9.91. The lowest BCUT2D eigenvalue weighted by molar-refractivity contribution is -0.183. The second-order valence-corrected chi connectivity index (χ2v) is 12.4. The lowest BCUT2D eigenvalue weighted by Gasteiger charge is -2.39. The quantitative estimate of drug-likeness (QED) is 0.534. The zero-order valence-electron chi connectivity index (χ0n) is 24.8. The van der Waals surface area contributed by atoms with Crippen molar-refractivity contribution in [3.05, 3.63) is 59.7 Å². The molecule has 4 fully saturated rings. The van der Waals surface area contributed by atoms with Crippen molar-refractivity contribution in [2.45, 2.75) is 69.4 Å². The van der Waals surface area contributed by atoms with Crippen LogP contribution in [0.25, 0.3) is 11.1 Å². The molecule has 0 bridgehead atoms. The minimum absolute atomic E-state index is 0.00205. The van der Waals surface area contributed by atoms with Crippen LogP contribution in [0.5, 0.6) is 0 Å². The molecule has 1 unspecified atom stereocenters. The minimum atomic E-state index is -0.325. The molecule has 0 N–H and O–H groups in total. The highest BCUT2D eigenvalue weighted by Crippen LogP contribution is 2.38. The Morgan fingerprint density at radius 3 is 2.02 bits per heavy atom. The highest BCUT2D eigenvalue weighted by Gasteiger charge is 2.43. The summed E-state index contributed by atoms with van der Waals surface area (Å²) in [5, 5.41) is 0. The fraction of sp³-hybridized carbons (Fsp3) is 0.576. The first-order chi connectivity index (χ1) is 19.8. The Morgan fingerprint density at radius 1 is 0.780 bits per heavy atom. The van der Waals surface area contributed by atoms with Gasteiger partial charge in [0.2, 0.25) is 0 Å². The maximum absolute atomic E-state index is 13.5. The zero-order chi connectivity index (χ0) is 28.6. The van der Waals surface area contributed by atoms with E-state index in [1.807, 2.05) is 53.1 Å². The van der Waals surface area contributed by atoms with Crippen LogP contribution in [-0.4, -0.2) is 109 Å². The molecule has 8 nitrogen and oxygen atoms in total. The number of likely N-dealkylation sites (tertiary alicyclic amines) is 2. The average molecular weight is 561 g/mol. The molecule has 3 saturated heterocycles. The monoisotopic (exact) mass is 560 g/mol. The maximum atomic E-state index is 13.5. The van der Waals surface area contributed by atoms with Gasteiger partial charge in [-0.25, -0.2) is 4.79 Å². The molecular formula is C33H44N4O4. The lowest BCUT2D eigenvalue weighted by Crippen LogP contribution is -2.48. The lowest BCUT2D eigenvalue weighted by atomic mass is 9.89. The predicted molar refractivity (Wildman–Crippen MR) is 159 cm³/mol. The fourth-order valence-corrected chi connectivity index (χ4v) is 7.14. The van der Waals surface area contributed by atoms with Crippen LogP contribution in [0.15, 0.2) is 48.5 Å². The molecule has 1 spiro atoms. The molecule has 220 valence electrons. The Hall–Kier alpha value is -2.94. The summed E-state index contributed by atoms with van der Waals surface area (Å²) in [6.45, 7) is 6.72. The number of hydrogen-bond donors (Lipinski definition) is 0. The Morgan fingerprint density at radius 2 is 1.37 bits per heavy atom. The molecule has 2 aromatic carbocycles. The van der Waals surface area contributed by atoms with Gasteiger partial charge in [-0.3, -0.25) is 9.69 Å². The van der Waals surface area contributed by atoms with Gasteiger partial charge >= 0.3 is 6.03 Å². The fourth-order valence-electron chi connectivity index (χ4n) is 7.14. The Labute approximate surface area is 244 Å². The standard InChI is InChI=1S/C33H44N4O4/c1-24-4-6-25(7-5-24)26-8-10-27(11-9-26)31(38)34(2)29-15-19-37(23-29)32(39)35(3)30-14-18-36(22-30)28-12-16-33(17-13-28)40-20-21-41-33/h4-11,28-30H,12-23H2,1-3H3/t29-,30?/m0/s1. The van der Waals surface area contributed by atoms with E-state index in [1.165, 1.54) is 5.56 Å². The van der Waals surface area contributed by atoms with Crippen molar-refractivity contribution < 1.29 is 19.1 Å². The topological polar surface area (TPSA) is 65.6 Å².